The lowest BCUT2D eigenvalue weighted by atomic mass is 10.3. The Kier molecular flexibility index (Phi) is 4.71. The molecule has 2 rings (SSSR count). The number of alkyl halides is 3. The fraction of sp³-hybridized carbons (Fsp3) is 0.417. The summed E-state index contributed by atoms with van der Waals surface area (Å²) in [6, 6.07) is 1.57. The van der Waals surface area contributed by atoms with Crippen molar-refractivity contribution in [2.75, 3.05) is 18.1 Å². The minimum absolute atomic E-state index is 0.295. The molecule has 0 atom stereocenters. The molecule has 0 amide bonds. The average Bonchev–Trinajstić information content (AvgIpc) is 2.94. The van der Waals surface area contributed by atoms with Gasteiger partial charge in [0, 0.05) is 18.8 Å². The Bertz CT molecular complexity index is 611. The highest BCUT2D eigenvalue weighted by molar-refractivity contribution is 7.98. The van der Waals surface area contributed by atoms with Crippen LogP contribution in [-0.4, -0.2) is 32.5 Å². The largest absolute Gasteiger partial charge is 0.419 e. The van der Waals surface area contributed by atoms with E-state index in [2.05, 4.69) is 20.4 Å². The summed E-state index contributed by atoms with van der Waals surface area (Å²) in [5.41, 5.74) is -0.810. The number of hydrogen-bond donors (Lipinski definition) is 1. The Morgan fingerprint density at radius 1 is 1.33 bits per heavy atom. The molecular weight excluding hydrogens is 303 g/mol. The van der Waals surface area contributed by atoms with E-state index in [0.717, 1.165) is 30.0 Å². The number of aromatic nitrogens is 4. The highest BCUT2D eigenvalue weighted by Crippen LogP contribution is 2.29. The van der Waals surface area contributed by atoms with Crippen molar-refractivity contribution >= 4 is 17.6 Å². The summed E-state index contributed by atoms with van der Waals surface area (Å²) in [6.07, 6.45) is -0.0200. The Morgan fingerprint density at radius 2 is 2.10 bits per heavy atom. The van der Waals surface area contributed by atoms with Crippen LogP contribution in [0.15, 0.2) is 23.6 Å². The second kappa shape index (κ2) is 6.33. The van der Waals surface area contributed by atoms with Crippen LogP contribution in [0.1, 0.15) is 18.9 Å². The smallest absolute Gasteiger partial charge is 0.370 e. The Hall–Kier alpha value is -1.77. The fourth-order valence-corrected chi connectivity index (χ4v) is 1.93. The summed E-state index contributed by atoms with van der Waals surface area (Å²) in [5, 5.41) is 7.28. The van der Waals surface area contributed by atoms with Crippen molar-refractivity contribution in [3.63, 3.8) is 0 Å². The minimum Gasteiger partial charge on any atom is -0.370 e. The normalized spacial score (nSPS) is 11.7. The molecule has 0 aromatic carbocycles. The molecule has 0 radical (unpaired) electrons. The number of thioether (sulfide) groups is 1. The van der Waals surface area contributed by atoms with Gasteiger partial charge in [0.25, 0.3) is 0 Å². The third-order valence-corrected chi connectivity index (χ3v) is 3.12. The summed E-state index contributed by atoms with van der Waals surface area (Å²) in [5.74, 6) is 0.860. The molecule has 9 heteroatoms. The Labute approximate surface area is 124 Å². The maximum absolute atomic E-state index is 12.6. The zero-order valence-corrected chi connectivity index (χ0v) is 12.3. The third kappa shape index (κ3) is 3.87. The second-order valence-electron chi connectivity index (χ2n) is 4.20. The molecule has 2 aromatic rings. The predicted molar refractivity (Wildman–Crippen MR) is 74.7 cm³/mol. The summed E-state index contributed by atoms with van der Waals surface area (Å²) in [7, 11) is 0. The predicted octanol–water partition coefficient (Wildman–Crippen LogP) is 3.22. The van der Waals surface area contributed by atoms with E-state index < -0.39 is 11.7 Å². The molecule has 2 aromatic heterocycles. The SMILES string of the molecule is CCCNc1cc(-n2cc(C(F)(F)F)cn2)nc(SC)n1. The Balaban J connectivity index is 2.36. The molecule has 0 aliphatic carbocycles. The van der Waals surface area contributed by atoms with E-state index in [1.54, 1.807) is 12.3 Å². The van der Waals surface area contributed by atoms with Gasteiger partial charge in [-0.05, 0) is 12.7 Å². The van der Waals surface area contributed by atoms with Crippen LogP contribution in [0.3, 0.4) is 0 Å². The first kappa shape index (κ1) is 15.6. The van der Waals surface area contributed by atoms with Gasteiger partial charge >= 0.3 is 6.18 Å². The van der Waals surface area contributed by atoms with E-state index in [1.165, 1.54) is 11.8 Å². The van der Waals surface area contributed by atoms with Gasteiger partial charge in [0.15, 0.2) is 11.0 Å². The monoisotopic (exact) mass is 317 g/mol. The molecule has 0 saturated heterocycles. The van der Waals surface area contributed by atoms with Crippen LogP contribution in [0, 0.1) is 0 Å². The van der Waals surface area contributed by atoms with Gasteiger partial charge in [0.1, 0.15) is 5.82 Å². The van der Waals surface area contributed by atoms with Gasteiger partial charge in [-0.2, -0.15) is 18.3 Å². The van der Waals surface area contributed by atoms with Crippen molar-refractivity contribution in [3.8, 4) is 5.82 Å². The van der Waals surface area contributed by atoms with Crippen LogP contribution in [0.25, 0.3) is 5.82 Å². The van der Waals surface area contributed by atoms with E-state index >= 15 is 0 Å². The highest BCUT2D eigenvalue weighted by atomic mass is 32.2. The summed E-state index contributed by atoms with van der Waals surface area (Å²) in [4.78, 5) is 8.42. The molecule has 1 N–H and O–H groups in total. The minimum atomic E-state index is -4.42. The molecule has 0 aliphatic heterocycles. The topological polar surface area (TPSA) is 55.6 Å². The highest BCUT2D eigenvalue weighted by Gasteiger charge is 2.32. The van der Waals surface area contributed by atoms with Crippen molar-refractivity contribution in [1.82, 2.24) is 19.7 Å². The number of nitrogens with one attached hydrogen (secondary N) is 1. The van der Waals surface area contributed by atoms with E-state index in [-0.39, 0.29) is 0 Å². The zero-order valence-electron chi connectivity index (χ0n) is 11.5. The standard InChI is InChI=1S/C12H14F3N5S/c1-3-4-16-9-5-10(19-11(18-9)21-2)20-7-8(6-17-20)12(13,14)15/h5-7H,3-4H2,1-2H3,(H,16,18,19). The summed E-state index contributed by atoms with van der Waals surface area (Å²) in [6.45, 7) is 2.73. The van der Waals surface area contributed by atoms with E-state index in [4.69, 9.17) is 0 Å². The van der Waals surface area contributed by atoms with Crippen molar-refractivity contribution in [2.24, 2.45) is 0 Å². The number of hydrogen-bond acceptors (Lipinski definition) is 5. The van der Waals surface area contributed by atoms with Crippen LogP contribution < -0.4 is 5.32 Å². The van der Waals surface area contributed by atoms with Crippen LogP contribution in [0.5, 0.6) is 0 Å². The van der Waals surface area contributed by atoms with Crippen LogP contribution >= 0.6 is 11.8 Å². The van der Waals surface area contributed by atoms with Gasteiger partial charge in [-0.3, -0.25) is 0 Å². The van der Waals surface area contributed by atoms with Crippen molar-refractivity contribution < 1.29 is 13.2 Å². The molecule has 2 heterocycles. The van der Waals surface area contributed by atoms with Crippen LogP contribution in [0.4, 0.5) is 19.0 Å². The molecule has 0 aliphatic rings. The van der Waals surface area contributed by atoms with Gasteiger partial charge in [0.05, 0.1) is 11.8 Å². The fourth-order valence-electron chi connectivity index (χ4n) is 1.56. The quantitative estimate of drug-likeness (QED) is 0.678. The lowest BCUT2D eigenvalue weighted by Gasteiger charge is -2.08. The molecular formula is C12H14F3N5S. The number of anilines is 1. The Morgan fingerprint density at radius 3 is 2.67 bits per heavy atom. The van der Waals surface area contributed by atoms with Gasteiger partial charge in [-0.15, -0.1) is 0 Å². The molecule has 0 fully saturated rings. The van der Waals surface area contributed by atoms with E-state index in [9.17, 15) is 13.2 Å². The van der Waals surface area contributed by atoms with E-state index in [1.807, 2.05) is 6.92 Å². The van der Waals surface area contributed by atoms with Gasteiger partial charge in [0.2, 0.25) is 0 Å². The summed E-state index contributed by atoms with van der Waals surface area (Å²) < 4.78 is 38.9. The van der Waals surface area contributed by atoms with Crippen molar-refractivity contribution in [3.05, 3.63) is 24.0 Å². The first-order chi connectivity index (χ1) is 9.94. The second-order valence-corrected chi connectivity index (χ2v) is 4.97. The van der Waals surface area contributed by atoms with Crippen molar-refractivity contribution in [1.29, 1.82) is 0 Å². The molecule has 114 valence electrons. The maximum atomic E-state index is 12.6. The maximum Gasteiger partial charge on any atom is 0.419 e. The number of rotatable bonds is 5. The molecule has 0 spiro atoms. The molecule has 0 saturated carbocycles. The molecule has 0 bridgehead atoms. The third-order valence-electron chi connectivity index (χ3n) is 2.58. The van der Waals surface area contributed by atoms with Crippen LogP contribution in [-0.2, 0) is 6.18 Å². The zero-order chi connectivity index (χ0) is 15.5. The average molecular weight is 317 g/mol. The molecule has 21 heavy (non-hydrogen) atoms. The van der Waals surface area contributed by atoms with Gasteiger partial charge in [-0.25, -0.2) is 14.6 Å². The lowest BCUT2D eigenvalue weighted by Crippen LogP contribution is -2.07. The summed E-state index contributed by atoms with van der Waals surface area (Å²) >= 11 is 1.31. The number of halogens is 3. The lowest BCUT2D eigenvalue weighted by molar-refractivity contribution is -0.137. The number of nitrogens with zero attached hydrogens (tertiary/aromatic N) is 4. The van der Waals surface area contributed by atoms with Crippen LogP contribution in [0.2, 0.25) is 0 Å². The van der Waals surface area contributed by atoms with Gasteiger partial charge in [-0.1, -0.05) is 18.7 Å². The van der Waals surface area contributed by atoms with Crippen molar-refractivity contribution in [2.45, 2.75) is 24.7 Å². The molecule has 0 unspecified atom stereocenters. The van der Waals surface area contributed by atoms with Gasteiger partial charge < -0.3 is 5.32 Å². The van der Waals surface area contributed by atoms with E-state index in [0.29, 0.717) is 16.8 Å². The first-order valence-electron chi connectivity index (χ1n) is 6.23. The molecule has 5 nitrogen and oxygen atoms in total. The first-order valence-corrected chi connectivity index (χ1v) is 7.45.